The molecule has 392 valence electrons. The third-order valence-electron chi connectivity index (χ3n) is 14.8. The Bertz CT molecular complexity index is 1910. The lowest BCUT2D eigenvalue weighted by Crippen LogP contribution is -2.55. The van der Waals surface area contributed by atoms with E-state index in [2.05, 4.69) is 31.4 Å². The molecule has 14 heteroatoms. The standard InChI is InChI=1S/C56H88N4O10/c1-13-38(6)44(32-39(7)40(8)52(64)50(36(2)3)58-55(66)51(37(4)5)59(10)30-22-16-21-29-49(62)63)47(68-11)34-48(61)60-31-23-28-46(60)53(69-12)41(9)54(65)57-45(33-42-24-17-14-18-25-42)56(67)70-35-43-26-19-15-20-27-43/h14-15,17-20,24-27,36-41,44-47,50-51,53H,13,16,21-23,28-35H2,1-12H3,(H,57,65)(H,58,66)(H,62,63). The Morgan fingerprint density at radius 2 is 1.40 bits per heavy atom. The zero-order valence-corrected chi connectivity index (χ0v) is 44.5. The van der Waals surface area contributed by atoms with Gasteiger partial charge < -0.3 is 34.9 Å². The van der Waals surface area contributed by atoms with Crippen molar-refractivity contribution in [2.45, 2.75) is 170 Å². The van der Waals surface area contributed by atoms with E-state index < -0.39 is 54.1 Å². The van der Waals surface area contributed by atoms with E-state index in [4.69, 9.17) is 19.3 Å². The molecule has 1 aliphatic heterocycles. The van der Waals surface area contributed by atoms with Crippen LogP contribution < -0.4 is 10.6 Å². The quantitative estimate of drug-likeness (QED) is 0.0476. The first-order valence-corrected chi connectivity index (χ1v) is 25.9. The summed E-state index contributed by atoms with van der Waals surface area (Å²) in [6.45, 7) is 19.2. The average molecular weight is 977 g/mol. The number of Topliss-reactive ketones (excluding diaryl/α,β-unsaturated/α-hetero) is 1. The van der Waals surface area contributed by atoms with Crippen LogP contribution in [-0.4, -0.2) is 121 Å². The van der Waals surface area contributed by atoms with Crippen molar-refractivity contribution < 1.29 is 48.1 Å². The maximum Gasteiger partial charge on any atom is 0.329 e. The van der Waals surface area contributed by atoms with E-state index in [0.717, 1.165) is 36.8 Å². The van der Waals surface area contributed by atoms with Crippen molar-refractivity contribution in [2.24, 2.45) is 41.4 Å². The number of aliphatic carboxylic acids is 1. The van der Waals surface area contributed by atoms with Crippen LogP contribution in [0.2, 0.25) is 0 Å². The first-order chi connectivity index (χ1) is 33.2. The zero-order valence-electron chi connectivity index (χ0n) is 44.5. The number of carboxylic acid groups (broad SMARTS) is 1. The van der Waals surface area contributed by atoms with Gasteiger partial charge in [0.15, 0.2) is 5.78 Å². The van der Waals surface area contributed by atoms with Crippen LogP contribution in [0.3, 0.4) is 0 Å². The van der Waals surface area contributed by atoms with Gasteiger partial charge in [-0.25, -0.2) is 4.79 Å². The monoisotopic (exact) mass is 977 g/mol. The molecule has 0 radical (unpaired) electrons. The number of esters is 1. The van der Waals surface area contributed by atoms with E-state index in [1.54, 1.807) is 21.1 Å². The lowest BCUT2D eigenvalue weighted by atomic mass is 9.74. The number of amides is 3. The van der Waals surface area contributed by atoms with E-state index in [9.17, 15) is 28.8 Å². The molecule has 70 heavy (non-hydrogen) atoms. The Balaban J connectivity index is 1.72. The van der Waals surface area contributed by atoms with Gasteiger partial charge in [-0.1, -0.05) is 136 Å². The number of carboxylic acids is 1. The van der Waals surface area contributed by atoms with Crippen molar-refractivity contribution in [3.05, 3.63) is 71.8 Å². The third-order valence-corrected chi connectivity index (χ3v) is 14.8. The normalized spacial score (nSPS) is 18.3. The number of likely N-dealkylation sites (N-methyl/N-ethyl adjacent to an activating group) is 1. The molecule has 2 aromatic rings. The summed E-state index contributed by atoms with van der Waals surface area (Å²) in [4.78, 5) is 85.2. The molecular weight excluding hydrogens is 889 g/mol. The summed E-state index contributed by atoms with van der Waals surface area (Å²) < 4.78 is 17.9. The van der Waals surface area contributed by atoms with E-state index in [0.29, 0.717) is 32.4 Å². The van der Waals surface area contributed by atoms with Gasteiger partial charge in [-0.15, -0.1) is 0 Å². The number of nitrogens with one attached hydrogen (secondary N) is 2. The number of carbonyl (C=O) groups is 6. The number of carbonyl (C=O) groups excluding carboxylic acids is 5. The van der Waals surface area contributed by atoms with E-state index in [1.807, 2.05) is 112 Å². The fraction of sp³-hybridized carbons (Fsp3) is 0.679. The number of likely N-dealkylation sites (tertiary alicyclic amines) is 1. The first-order valence-electron chi connectivity index (χ1n) is 25.9. The smallest absolute Gasteiger partial charge is 0.329 e. The highest BCUT2D eigenvalue weighted by molar-refractivity contribution is 5.92. The summed E-state index contributed by atoms with van der Waals surface area (Å²) in [5.41, 5.74) is 1.71. The van der Waals surface area contributed by atoms with Gasteiger partial charge in [-0.3, -0.25) is 28.9 Å². The van der Waals surface area contributed by atoms with Crippen LogP contribution >= 0.6 is 0 Å². The number of ketones is 1. The molecule has 11 unspecified atom stereocenters. The Kier molecular flexibility index (Phi) is 25.8. The Labute approximate surface area is 419 Å². The van der Waals surface area contributed by atoms with Crippen molar-refractivity contribution in [3.8, 4) is 0 Å². The molecule has 1 fully saturated rings. The van der Waals surface area contributed by atoms with Crippen molar-refractivity contribution in [1.29, 1.82) is 0 Å². The minimum atomic E-state index is -0.945. The Hall–Kier alpha value is -4.66. The summed E-state index contributed by atoms with van der Waals surface area (Å²) >= 11 is 0. The lowest BCUT2D eigenvalue weighted by Gasteiger charge is -2.37. The number of hydrogen-bond acceptors (Lipinski definition) is 10. The average Bonchev–Trinajstić information content (AvgIpc) is 3.82. The molecular formula is C56H88N4O10. The van der Waals surface area contributed by atoms with Crippen LogP contribution in [0.25, 0.3) is 0 Å². The highest BCUT2D eigenvalue weighted by atomic mass is 16.5. The minimum Gasteiger partial charge on any atom is -0.481 e. The van der Waals surface area contributed by atoms with Crippen LogP contribution in [0, 0.1) is 41.4 Å². The molecule has 11 atom stereocenters. The van der Waals surface area contributed by atoms with Crippen LogP contribution in [0.4, 0.5) is 0 Å². The number of methoxy groups -OCH3 is 2. The van der Waals surface area contributed by atoms with Gasteiger partial charge in [0.2, 0.25) is 17.7 Å². The van der Waals surface area contributed by atoms with Crippen LogP contribution in [0.15, 0.2) is 60.7 Å². The van der Waals surface area contributed by atoms with Gasteiger partial charge in [0.05, 0.1) is 42.7 Å². The number of ether oxygens (including phenoxy) is 3. The first kappa shape index (κ1) is 59.6. The SMILES string of the molecule is CCC(C)C(CC(C)C(C)C(=O)C(NC(=O)C(C(C)C)N(C)CCCCCC(=O)O)C(C)C)C(CC(=O)N1CCCC1C(OC)C(C)C(=O)NC(Cc1ccccc1)C(=O)OCc1ccccc1)OC. The maximum atomic E-state index is 14.5. The van der Waals surface area contributed by atoms with Crippen LogP contribution in [-0.2, 0) is 56.0 Å². The van der Waals surface area contributed by atoms with Crippen molar-refractivity contribution in [2.75, 3.05) is 34.4 Å². The van der Waals surface area contributed by atoms with Crippen molar-refractivity contribution >= 4 is 35.4 Å². The summed E-state index contributed by atoms with van der Waals surface area (Å²) in [6, 6.07) is 16.4. The molecule has 0 saturated carbocycles. The number of benzene rings is 2. The molecule has 2 aromatic carbocycles. The summed E-state index contributed by atoms with van der Waals surface area (Å²) in [5, 5.41) is 15.1. The van der Waals surface area contributed by atoms with Gasteiger partial charge in [-0.05, 0) is 86.4 Å². The molecule has 0 bridgehead atoms. The van der Waals surface area contributed by atoms with E-state index >= 15 is 0 Å². The van der Waals surface area contributed by atoms with Gasteiger partial charge in [0.1, 0.15) is 12.6 Å². The molecule has 0 aromatic heterocycles. The van der Waals surface area contributed by atoms with Gasteiger partial charge in [0.25, 0.3) is 0 Å². The number of hydrogen-bond donors (Lipinski definition) is 3. The second kappa shape index (κ2) is 30.3. The fourth-order valence-corrected chi connectivity index (χ4v) is 10.2. The lowest BCUT2D eigenvalue weighted by molar-refractivity contribution is -0.150. The van der Waals surface area contributed by atoms with Crippen LogP contribution in [0.1, 0.15) is 131 Å². The summed E-state index contributed by atoms with van der Waals surface area (Å²) in [7, 11) is 5.10. The molecule has 1 saturated heterocycles. The molecule has 1 heterocycles. The molecule has 3 amide bonds. The van der Waals surface area contributed by atoms with Crippen molar-refractivity contribution in [3.63, 3.8) is 0 Å². The second-order valence-corrected chi connectivity index (χ2v) is 20.7. The van der Waals surface area contributed by atoms with Crippen molar-refractivity contribution in [1.82, 2.24) is 20.4 Å². The third kappa shape index (κ3) is 18.2. The predicted molar refractivity (Wildman–Crippen MR) is 273 cm³/mol. The van der Waals surface area contributed by atoms with E-state index in [-0.39, 0.29) is 85.0 Å². The summed E-state index contributed by atoms with van der Waals surface area (Å²) in [5.74, 6) is -3.29. The van der Waals surface area contributed by atoms with Gasteiger partial charge >= 0.3 is 11.9 Å². The number of rotatable bonds is 32. The molecule has 0 spiro atoms. The van der Waals surface area contributed by atoms with E-state index in [1.165, 1.54) is 0 Å². The Morgan fingerprint density at radius 3 is 1.96 bits per heavy atom. The number of nitrogens with zero attached hydrogens (tertiary/aromatic N) is 2. The molecule has 1 aliphatic rings. The number of unbranched alkanes of at least 4 members (excludes halogenated alkanes) is 2. The molecule has 3 rings (SSSR count). The highest BCUT2D eigenvalue weighted by Crippen LogP contribution is 2.35. The zero-order chi connectivity index (χ0) is 52.1. The molecule has 14 nitrogen and oxygen atoms in total. The second-order valence-electron chi connectivity index (χ2n) is 20.7. The highest BCUT2D eigenvalue weighted by Gasteiger charge is 2.43. The molecule has 0 aliphatic carbocycles. The Morgan fingerprint density at radius 1 is 0.771 bits per heavy atom. The van der Waals surface area contributed by atoms with Crippen LogP contribution in [0.5, 0.6) is 0 Å². The minimum absolute atomic E-state index is 0.0155. The maximum absolute atomic E-state index is 14.5. The van der Waals surface area contributed by atoms with Gasteiger partial charge in [0, 0.05) is 39.5 Å². The largest absolute Gasteiger partial charge is 0.481 e. The predicted octanol–water partition coefficient (Wildman–Crippen LogP) is 8.14. The van der Waals surface area contributed by atoms with Gasteiger partial charge in [-0.2, -0.15) is 0 Å². The fourth-order valence-electron chi connectivity index (χ4n) is 10.2. The topological polar surface area (TPSA) is 181 Å². The summed E-state index contributed by atoms with van der Waals surface area (Å²) in [6.07, 6.45) is 4.37. The molecule has 3 N–H and O–H groups in total.